The number of nitrogens with zero attached hydrogens (tertiary/aromatic N) is 1. The zero-order chi connectivity index (χ0) is 26.9. The summed E-state index contributed by atoms with van der Waals surface area (Å²) in [5.74, 6) is -0.514. The van der Waals surface area contributed by atoms with Crippen LogP contribution >= 0.6 is 34.8 Å². The number of carbonyl (C=O) groups is 1. The van der Waals surface area contributed by atoms with Gasteiger partial charge in [-0.05, 0) is 53.5 Å². The lowest BCUT2D eigenvalue weighted by Crippen LogP contribution is -2.41. The summed E-state index contributed by atoms with van der Waals surface area (Å²) < 4.78 is 11.8. The molecule has 198 valence electrons. The first-order valence-electron chi connectivity index (χ1n) is 12.9. The molecule has 3 aromatic carbocycles. The zero-order valence-corrected chi connectivity index (χ0v) is 23.6. The van der Waals surface area contributed by atoms with Crippen LogP contribution in [-0.4, -0.2) is 25.0 Å². The predicted octanol–water partition coefficient (Wildman–Crippen LogP) is 9.01. The fraction of sp³-hybridized carbons (Fsp3) is 0.300. The van der Waals surface area contributed by atoms with E-state index in [0.717, 1.165) is 40.8 Å². The van der Waals surface area contributed by atoms with E-state index < -0.39 is 5.79 Å². The van der Waals surface area contributed by atoms with E-state index in [1.54, 1.807) is 23.1 Å². The van der Waals surface area contributed by atoms with Crippen molar-refractivity contribution in [2.75, 3.05) is 18.1 Å². The molecule has 0 bridgehead atoms. The van der Waals surface area contributed by atoms with E-state index in [9.17, 15) is 4.79 Å². The standard InChI is InChI=1S/C28H23Cl3N2O3.C2H6/c29-22-5-2-1-4-19(22)20-14-18(17-8-10-28(11-9-17)35-12-13-36-28)15-25-21(20)16-32-27(34)33(25)26-23(30)6-3-7-24(26)31;1-2/h1-8,14-15H,9-13,16H2,(H,32,34);1-2H3. The summed E-state index contributed by atoms with van der Waals surface area (Å²) in [5.41, 5.74) is 6.16. The number of hydrogen-bond donors (Lipinski definition) is 1. The molecule has 0 saturated carbocycles. The molecule has 1 N–H and O–H groups in total. The average molecular weight is 572 g/mol. The van der Waals surface area contributed by atoms with Gasteiger partial charge in [-0.25, -0.2) is 4.79 Å². The highest BCUT2D eigenvalue weighted by Crippen LogP contribution is 2.47. The van der Waals surface area contributed by atoms with Crippen molar-refractivity contribution < 1.29 is 14.3 Å². The lowest BCUT2D eigenvalue weighted by atomic mass is 9.86. The first-order chi connectivity index (χ1) is 18.5. The molecule has 0 unspecified atom stereocenters. The van der Waals surface area contributed by atoms with Gasteiger partial charge >= 0.3 is 6.03 Å². The average Bonchev–Trinajstić information content (AvgIpc) is 3.38. The molecule has 2 aliphatic heterocycles. The third kappa shape index (κ3) is 4.94. The van der Waals surface area contributed by atoms with E-state index in [-0.39, 0.29) is 6.03 Å². The molecule has 2 heterocycles. The van der Waals surface area contributed by atoms with Crippen LogP contribution in [0.5, 0.6) is 0 Å². The number of benzene rings is 3. The van der Waals surface area contributed by atoms with Crippen molar-refractivity contribution in [3.05, 3.63) is 86.9 Å². The van der Waals surface area contributed by atoms with E-state index in [4.69, 9.17) is 44.3 Å². The molecule has 0 aromatic heterocycles. The maximum absolute atomic E-state index is 13.3. The van der Waals surface area contributed by atoms with Crippen LogP contribution in [0, 0.1) is 0 Å². The molecule has 3 aliphatic rings. The molecule has 1 saturated heterocycles. The molecule has 3 aromatic rings. The summed E-state index contributed by atoms with van der Waals surface area (Å²) >= 11 is 19.8. The topological polar surface area (TPSA) is 50.8 Å². The van der Waals surface area contributed by atoms with Crippen molar-refractivity contribution in [1.29, 1.82) is 0 Å². The van der Waals surface area contributed by atoms with Gasteiger partial charge in [-0.2, -0.15) is 0 Å². The number of hydrogen-bond acceptors (Lipinski definition) is 3. The molecule has 1 fully saturated rings. The van der Waals surface area contributed by atoms with Crippen LogP contribution in [0.25, 0.3) is 16.7 Å². The van der Waals surface area contributed by atoms with Gasteiger partial charge in [-0.1, -0.05) is 79.0 Å². The van der Waals surface area contributed by atoms with Crippen molar-refractivity contribution in [3.8, 4) is 11.1 Å². The second-order valence-electron chi connectivity index (χ2n) is 9.11. The predicted molar refractivity (Wildman–Crippen MR) is 156 cm³/mol. The number of allylic oxidation sites excluding steroid dienone is 1. The second kappa shape index (κ2) is 11.3. The monoisotopic (exact) mass is 570 g/mol. The Labute approximate surface area is 238 Å². The van der Waals surface area contributed by atoms with Gasteiger partial charge < -0.3 is 14.8 Å². The highest BCUT2D eigenvalue weighted by Gasteiger charge is 2.38. The van der Waals surface area contributed by atoms with Gasteiger partial charge in [0.25, 0.3) is 0 Å². The van der Waals surface area contributed by atoms with Gasteiger partial charge in [-0.15, -0.1) is 0 Å². The maximum atomic E-state index is 13.3. The van der Waals surface area contributed by atoms with Gasteiger partial charge in [0.15, 0.2) is 5.79 Å². The summed E-state index contributed by atoms with van der Waals surface area (Å²) in [7, 11) is 0. The molecular formula is C30H29Cl3N2O3. The van der Waals surface area contributed by atoms with E-state index in [1.165, 1.54) is 5.57 Å². The highest BCUT2D eigenvalue weighted by molar-refractivity contribution is 6.40. The van der Waals surface area contributed by atoms with E-state index in [1.807, 2.05) is 44.2 Å². The zero-order valence-electron chi connectivity index (χ0n) is 21.3. The summed E-state index contributed by atoms with van der Waals surface area (Å²) in [6, 6.07) is 16.9. The number of nitrogens with one attached hydrogen (secondary N) is 1. The molecule has 1 aliphatic carbocycles. The lowest BCUT2D eigenvalue weighted by molar-refractivity contribution is -0.159. The minimum absolute atomic E-state index is 0.288. The first-order valence-corrected chi connectivity index (χ1v) is 14.0. The Morgan fingerprint density at radius 2 is 1.58 bits per heavy atom. The number of rotatable bonds is 3. The first kappa shape index (κ1) is 27.0. The van der Waals surface area contributed by atoms with Crippen molar-refractivity contribution in [2.45, 2.75) is 45.4 Å². The third-order valence-corrected chi connectivity index (χ3v) is 7.97. The number of urea groups is 1. The number of fused-ring (bicyclic) bond motifs is 1. The third-order valence-electron chi connectivity index (χ3n) is 7.03. The van der Waals surface area contributed by atoms with Crippen LogP contribution in [0.4, 0.5) is 16.2 Å². The summed E-state index contributed by atoms with van der Waals surface area (Å²) in [6.45, 7) is 5.61. The van der Waals surface area contributed by atoms with Gasteiger partial charge in [0, 0.05) is 35.5 Å². The Morgan fingerprint density at radius 1 is 0.895 bits per heavy atom. The molecule has 2 amide bonds. The number of para-hydroxylation sites is 1. The van der Waals surface area contributed by atoms with Gasteiger partial charge in [0.05, 0.1) is 34.6 Å². The maximum Gasteiger partial charge on any atom is 0.326 e. The van der Waals surface area contributed by atoms with Crippen molar-refractivity contribution >= 4 is 57.8 Å². The number of anilines is 2. The molecule has 5 nitrogen and oxygen atoms in total. The molecule has 1 spiro atoms. The quantitative estimate of drug-likeness (QED) is 0.341. The lowest BCUT2D eigenvalue weighted by Gasteiger charge is -2.34. The largest absolute Gasteiger partial charge is 0.347 e. The number of amides is 2. The summed E-state index contributed by atoms with van der Waals surface area (Å²) in [4.78, 5) is 14.8. The van der Waals surface area contributed by atoms with Crippen LogP contribution in [0.1, 0.15) is 44.2 Å². The Kier molecular flexibility index (Phi) is 8.03. The molecule has 8 heteroatoms. The fourth-order valence-electron chi connectivity index (χ4n) is 5.25. The van der Waals surface area contributed by atoms with E-state index >= 15 is 0 Å². The van der Waals surface area contributed by atoms with Crippen molar-refractivity contribution in [3.63, 3.8) is 0 Å². The normalized spacial score (nSPS) is 17.9. The van der Waals surface area contributed by atoms with Crippen molar-refractivity contribution in [1.82, 2.24) is 5.32 Å². The minimum Gasteiger partial charge on any atom is -0.347 e. The van der Waals surface area contributed by atoms with Crippen LogP contribution in [0.2, 0.25) is 15.1 Å². The van der Waals surface area contributed by atoms with E-state index in [2.05, 4.69) is 17.5 Å². The molecule has 6 rings (SSSR count). The minimum atomic E-state index is -0.514. The number of ether oxygens (including phenoxy) is 2. The van der Waals surface area contributed by atoms with Gasteiger partial charge in [0.2, 0.25) is 0 Å². The molecule has 38 heavy (non-hydrogen) atoms. The van der Waals surface area contributed by atoms with Gasteiger partial charge in [-0.3, -0.25) is 4.90 Å². The summed E-state index contributed by atoms with van der Waals surface area (Å²) in [5, 5.41) is 4.41. The van der Waals surface area contributed by atoms with Crippen LogP contribution < -0.4 is 10.2 Å². The van der Waals surface area contributed by atoms with Crippen LogP contribution in [-0.2, 0) is 16.0 Å². The summed E-state index contributed by atoms with van der Waals surface area (Å²) in [6.07, 6.45) is 4.43. The van der Waals surface area contributed by atoms with Crippen LogP contribution in [0.3, 0.4) is 0 Å². The number of halogens is 3. The Hall–Kier alpha value is -2.54. The molecular weight excluding hydrogens is 543 g/mol. The van der Waals surface area contributed by atoms with Crippen molar-refractivity contribution in [2.24, 2.45) is 0 Å². The second-order valence-corrected chi connectivity index (χ2v) is 10.3. The number of carbonyl (C=O) groups excluding carboxylic acids is 1. The van der Waals surface area contributed by atoms with Gasteiger partial charge in [0.1, 0.15) is 0 Å². The Morgan fingerprint density at radius 3 is 2.24 bits per heavy atom. The molecule has 0 radical (unpaired) electrons. The SMILES string of the molecule is CC.O=C1NCc2c(-c3ccccc3Cl)cc(C3=CCC4(CC3)OCCO4)cc2N1c1c(Cl)cccc1Cl. The highest BCUT2D eigenvalue weighted by atomic mass is 35.5. The smallest absolute Gasteiger partial charge is 0.326 e. The Bertz CT molecular complexity index is 1380. The van der Waals surface area contributed by atoms with Crippen LogP contribution in [0.15, 0.2) is 60.7 Å². The molecule has 0 atom stereocenters. The van der Waals surface area contributed by atoms with E-state index in [0.29, 0.717) is 46.9 Å². The Balaban J connectivity index is 0.00000144. The fourth-order valence-corrected chi connectivity index (χ4v) is 6.06.